The zero-order valence-electron chi connectivity index (χ0n) is 12.3. The highest BCUT2D eigenvalue weighted by Gasteiger charge is 2.31. The number of nitrogens with zero attached hydrogens (tertiary/aromatic N) is 3. The minimum absolute atomic E-state index is 0.304. The molecule has 1 aromatic rings. The van der Waals surface area contributed by atoms with Gasteiger partial charge in [-0.15, -0.1) is 0 Å². The number of carbonyl (C=O) groups excluding carboxylic acids is 1. The molecule has 0 saturated heterocycles. The van der Waals surface area contributed by atoms with Crippen LogP contribution in [-0.4, -0.2) is 28.2 Å². The largest absolute Gasteiger partial charge is 0.443 e. The second-order valence-corrected chi connectivity index (χ2v) is 6.57. The summed E-state index contributed by atoms with van der Waals surface area (Å²) in [5.41, 5.74) is 1.32. The molecule has 0 atom stereocenters. The molecule has 1 amide bonds. The van der Waals surface area contributed by atoms with Crippen molar-refractivity contribution in [1.29, 1.82) is 0 Å². The Hall–Kier alpha value is -1.65. The minimum atomic E-state index is -0.483. The van der Waals surface area contributed by atoms with Crippen LogP contribution < -0.4 is 4.90 Å². The fourth-order valence-electron chi connectivity index (χ4n) is 2.41. The first-order chi connectivity index (χ1) is 9.44. The lowest BCUT2D eigenvalue weighted by molar-refractivity contribution is 0.0577. The summed E-state index contributed by atoms with van der Waals surface area (Å²) in [7, 11) is 0. The third kappa shape index (κ3) is 2.76. The molecule has 2 aliphatic rings. The second-order valence-electron chi connectivity index (χ2n) is 6.57. The van der Waals surface area contributed by atoms with E-state index in [4.69, 9.17) is 4.74 Å². The first kappa shape index (κ1) is 13.3. The lowest BCUT2D eigenvalue weighted by Gasteiger charge is -2.30. The molecule has 0 bridgehead atoms. The third-order valence-electron chi connectivity index (χ3n) is 3.51. The number of fused-ring (bicyclic) bond motifs is 1. The number of anilines is 1. The van der Waals surface area contributed by atoms with Gasteiger partial charge in [-0.05, 0) is 46.5 Å². The van der Waals surface area contributed by atoms with Gasteiger partial charge in [-0.25, -0.2) is 14.8 Å². The van der Waals surface area contributed by atoms with Gasteiger partial charge in [0.2, 0.25) is 0 Å². The SMILES string of the molecule is CC(C)(C)OC(=O)N1CCCc2nc(C3CC3)ncc21. The maximum atomic E-state index is 12.3. The molecule has 0 aromatic carbocycles. The molecular formula is C15H21N3O2. The number of hydrogen-bond donors (Lipinski definition) is 0. The van der Waals surface area contributed by atoms with Crippen LogP contribution in [0.3, 0.4) is 0 Å². The highest BCUT2D eigenvalue weighted by atomic mass is 16.6. The van der Waals surface area contributed by atoms with E-state index in [1.807, 2.05) is 20.8 Å². The van der Waals surface area contributed by atoms with Crippen LogP contribution in [0.25, 0.3) is 0 Å². The van der Waals surface area contributed by atoms with E-state index in [1.165, 1.54) is 12.8 Å². The van der Waals surface area contributed by atoms with Gasteiger partial charge in [-0.1, -0.05) is 0 Å². The van der Waals surface area contributed by atoms with Crippen LogP contribution >= 0.6 is 0 Å². The molecule has 0 unspecified atom stereocenters. The predicted molar refractivity (Wildman–Crippen MR) is 75.9 cm³/mol. The summed E-state index contributed by atoms with van der Waals surface area (Å²) in [5, 5.41) is 0. The Morgan fingerprint density at radius 2 is 2.15 bits per heavy atom. The van der Waals surface area contributed by atoms with E-state index in [9.17, 15) is 4.79 Å². The lowest BCUT2D eigenvalue weighted by Crippen LogP contribution is -2.40. The maximum Gasteiger partial charge on any atom is 0.414 e. The second kappa shape index (κ2) is 4.72. The van der Waals surface area contributed by atoms with Crippen molar-refractivity contribution in [3.63, 3.8) is 0 Å². The molecule has 5 nitrogen and oxygen atoms in total. The average Bonchev–Trinajstić information content (AvgIpc) is 3.19. The summed E-state index contributed by atoms with van der Waals surface area (Å²) in [6, 6.07) is 0. The standard InChI is InChI=1S/C15H21N3O2/c1-15(2,3)20-14(19)18-8-4-5-11-12(18)9-16-13(17-11)10-6-7-10/h9-10H,4-8H2,1-3H3. The van der Waals surface area contributed by atoms with E-state index in [1.54, 1.807) is 11.1 Å². The van der Waals surface area contributed by atoms with Gasteiger partial charge in [0, 0.05) is 12.5 Å². The summed E-state index contributed by atoms with van der Waals surface area (Å²) in [4.78, 5) is 23.0. The van der Waals surface area contributed by atoms with Crippen molar-refractivity contribution in [2.75, 3.05) is 11.4 Å². The molecule has 20 heavy (non-hydrogen) atoms. The zero-order chi connectivity index (χ0) is 14.3. The number of hydrogen-bond acceptors (Lipinski definition) is 4. The molecule has 1 aliphatic heterocycles. The fourth-order valence-corrected chi connectivity index (χ4v) is 2.41. The van der Waals surface area contributed by atoms with Gasteiger partial charge in [0.25, 0.3) is 0 Å². The van der Waals surface area contributed by atoms with Gasteiger partial charge >= 0.3 is 6.09 Å². The van der Waals surface area contributed by atoms with E-state index in [0.29, 0.717) is 12.5 Å². The number of aromatic nitrogens is 2. The number of carbonyl (C=O) groups is 1. The van der Waals surface area contributed by atoms with Gasteiger partial charge < -0.3 is 4.74 Å². The molecule has 0 N–H and O–H groups in total. The monoisotopic (exact) mass is 275 g/mol. The molecule has 1 aromatic heterocycles. The summed E-state index contributed by atoms with van der Waals surface area (Å²) in [6.07, 6.45) is 5.70. The Morgan fingerprint density at radius 1 is 1.40 bits per heavy atom. The van der Waals surface area contributed by atoms with E-state index < -0.39 is 5.60 Å². The lowest BCUT2D eigenvalue weighted by atomic mass is 10.1. The summed E-state index contributed by atoms with van der Waals surface area (Å²) >= 11 is 0. The normalized spacial score (nSPS) is 18.6. The molecule has 3 rings (SSSR count). The molecule has 1 saturated carbocycles. The molecule has 0 radical (unpaired) electrons. The molecule has 1 fully saturated rings. The maximum absolute atomic E-state index is 12.3. The molecule has 1 aliphatic carbocycles. The van der Waals surface area contributed by atoms with Gasteiger partial charge in [-0.2, -0.15) is 0 Å². The number of aryl methyl sites for hydroxylation is 1. The van der Waals surface area contributed by atoms with Crippen molar-refractivity contribution >= 4 is 11.8 Å². The molecule has 0 spiro atoms. The highest BCUT2D eigenvalue weighted by molar-refractivity contribution is 5.88. The van der Waals surface area contributed by atoms with Crippen molar-refractivity contribution in [3.8, 4) is 0 Å². The van der Waals surface area contributed by atoms with Crippen LogP contribution in [0.5, 0.6) is 0 Å². The van der Waals surface area contributed by atoms with E-state index in [2.05, 4.69) is 9.97 Å². The van der Waals surface area contributed by atoms with Crippen molar-refractivity contribution in [2.24, 2.45) is 0 Å². The minimum Gasteiger partial charge on any atom is -0.443 e. The Morgan fingerprint density at radius 3 is 2.80 bits per heavy atom. The fraction of sp³-hybridized carbons (Fsp3) is 0.667. The van der Waals surface area contributed by atoms with Crippen LogP contribution in [0.4, 0.5) is 10.5 Å². The van der Waals surface area contributed by atoms with Crippen molar-refractivity contribution in [2.45, 2.75) is 58.0 Å². The molecular weight excluding hydrogens is 254 g/mol. The van der Waals surface area contributed by atoms with E-state index >= 15 is 0 Å². The van der Waals surface area contributed by atoms with Crippen molar-refractivity contribution < 1.29 is 9.53 Å². The number of ether oxygens (including phenoxy) is 1. The zero-order valence-corrected chi connectivity index (χ0v) is 12.3. The predicted octanol–water partition coefficient (Wildman–Crippen LogP) is 3.04. The number of amides is 1. The smallest absolute Gasteiger partial charge is 0.414 e. The van der Waals surface area contributed by atoms with Crippen molar-refractivity contribution in [1.82, 2.24) is 9.97 Å². The third-order valence-corrected chi connectivity index (χ3v) is 3.51. The van der Waals surface area contributed by atoms with Crippen LogP contribution in [0.2, 0.25) is 0 Å². The Balaban J connectivity index is 1.84. The molecule has 5 heteroatoms. The van der Waals surface area contributed by atoms with E-state index in [0.717, 1.165) is 30.0 Å². The Kier molecular flexibility index (Phi) is 3.15. The quantitative estimate of drug-likeness (QED) is 0.790. The molecule has 2 heterocycles. The van der Waals surface area contributed by atoms with Gasteiger partial charge in [0.15, 0.2) is 0 Å². The topological polar surface area (TPSA) is 55.3 Å². The Labute approximate surface area is 119 Å². The van der Waals surface area contributed by atoms with E-state index in [-0.39, 0.29) is 6.09 Å². The van der Waals surface area contributed by atoms with Crippen molar-refractivity contribution in [3.05, 3.63) is 17.7 Å². The average molecular weight is 275 g/mol. The first-order valence-corrected chi connectivity index (χ1v) is 7.30. The summed E-state index contributed by atoms with van der Waals surface area (Å²) in [5.74, 6) is 1.48. The van der Waals surface area contributed by atoms with Crippen LogP contribution in [-0.2, 0) is 11.2 Å². The summed E-state index contributed by atoms with van der Waals surface area (Å²) < 4.78 is 5.46. The van der Waals surface area contributed by atoms with Gasteiger partial charge in [0.1, 0.15) is 11.4 Å². The Bertz CT molecular complexity index is 532. The first-order valence-electron chi connectivity index (χ1n) is 7.30. The number of rotatable bonds is 1. The van der Waals surface area contributed by atoms with Crippen LogP contribution in [0, 0.1) is 0 Å². The van der Waals surface area contributed by atoms with Gasteiger partial charge in [0.05, 0.1) is 17.6 Å². The van der Waals surface area contributed by atoms with Crippen LogP contribution in [0.1, 0.15) is 57.5 Å². The van der Waals surface area contributed by atoms with Gasteiger partial charge in [-0.3, -0.25) is 4.90 Å². The summed E-state index contributed by atoms with van der Waals surface area (Å²) in [6.45, 7) is 6.31. The van der Waals surface area contributed by atoms with Crippen LogP contribution in [0.15, 0.2) is 6.20 Å². The highest BCUT2D eigenvalue weighted by Crippen LogP contribution is 2.39. The molecule has 108 valence electrons.